The Morgan fingerprint density at radius 2 is 2.05 bits per heavy atom. The molecular weight excluding hydrogens is 314 g/mol. The summed E-state index contributed by atoms with van der Waals surface area (Å²) in [7, 11) is -3.66. The second-order valence-corrected chi connectivity index (χ2v) is 7.50. The van der Waals surface area contributed by atoms with Gasteiger partial charge in [0.25, 0.3) is 0 Å². The van der Waals surface area contributed by atoms with Crippen molar-refractivity contribution in [1.29, 1.82) is 0 Å². The number of carboxylic acids is 1. The summed E-state index contributed by atoms with van der Waals surface area (Å²) in [5.74, 6) is -1.48. The van der Waals surface area contributed by atoms with Gasteiger partial charge in [-0.05, 0) is 37.0 Å². The molecule has 2 atom stereocenters. The number of nitrogens with one attached hydrogen (secondary N) is 1. The minimum Gasteiger partial charge on any atom is -0.481 e. The number of aliphatic carboxylic acids is 1. The summed E-state index contributed by atoms with van der Waals surface area (Å²) in [5.41, 5.74) is 0. The summed E-state index contributed by atoms with van der Waals surface area (Å²) in [4.78, 5) is 11.3. The molecule has 0 spiro atoms. The molecule has 1 saturated carbocycles. The first-order valence-corrected chi connectivity index (χ1v) is 8.74. The first-order chi connectivity index (χ1) is 9.90. The van der Waals surface area contributed by atoms with E-state index < -0.39 is 21.9 Å². The van der Waals surface area contributed by atoms with Crippen LogP contribution in [-0.4, -0.2) is 26.0 Å². The highest BCUT2D eigenvalue weighted by molar-refractivity contribution is 7.89. The maximum Gasteiger partial charge on any atom is 0.306 e. The summed E-state index contributed by atoms with van der Waals surface area (Å²) in [6, 6.07) is 6.00. The van der Waals surface area contributed by atoms with Gasteiger partial charge in [-0.1, -0.05) is 30.5 Å². The third-order valence-corrected chi connectivity index (χ3v) is 5.52. The van der Waals surface area contributed by atoms with Crippen LogP contribution in [0.3, 0.4) is 0 Å². The maximum absolute atomic E-state index is 12.2. The topological polar surface area (TPSA) is 83.5 Å². The summed E-state index contributed by atoms with van der Waals surface area (Å²) in [5, 5.41) is 9.54. The Morgan fingerprint density at radius 3 is 2.71 bits per heavy atom. The molecular formula is C14H18ClNO4S. The Labute approximate surface area is 129 Å². The van der Waals surface area contributed by atoms with Crippen LogP contribution in [0.25, 0.3) is 0 Å². The van der Waals surface area contributed by atoms with Crippen LogP contribution in [0.2, 0.25) is 5.02 Å². The maximum atomic E-state index is 12.2. The molecule has 7 heteroatoms. The average Bonchev–Trinajstić information content (AvgIpc) is 2.45. The van der Waals surface area contributed by atoms with Crippen LogP contribution in [0, 0.1) is 11.8 Å². The molecule has 1 aromatic carbocycles. The number of hydrogen-bond donors (Lipinski definition) is 2. The van der Waals surface area contributed by atoms with E-state index in [4.69, 9.17) is 11.6 Å². The lowest BCUT2D eigenvalue weighted by Crippen LogP contribution is -2.37. The number of carbonyl (C=O) groups is 1. The minimum atomic E-state index is -3.66. The van der Waals surface area contributed by atoms with Crippen LogP contribution < -0.4 is 4.72 Å². The molecule has 1 aliphatic rings. The van der Waals surface area contributed by atoms with Crippen LogP contribution in [-0.2, 0) is 14.8 Å². The molecule has 0 saturated heterocycles. The van der Waals surface area contributed by atoms with Crippen molar-refractivity contribution in [3.63, 3.8) is 0 Å². The van der Waals surface area contributed by atoms with Crippen LogP contribution >= 0.6 is 11.6 Å². The van der Waals surface area contributed by atoms with Crippen molar-refractivity contribution in [3.8, 4) is 0 Å². The van der Waals surface area contributed by atoms with Gasteiger partial charge in [-0.15, -0.1) is 0 Å². The summed E-state index contributed by atoms with van der Waals surface area (Å²) in [6.45, 7) is 0.145. The standard InChI is InChI=1S/C14H18ClNO4S/c15-11-5-3-6-12(8-11)21(19,20)16-9-10-4-1-2-7-13(10)14(17)18/h3,5-6,8,10,13,16H,1-2,4,7,9H2,(H,17,18). The highest BCUT2D eigenvalue weighted by Crippen LogP contribution is 2.30. The molecule has 5 nitrogen and oxygen atoms in total. The van der Waals surface area contributed by atoms with E-state index in [-0.39, 0.29) is 17.4 Å². The summed E-state index contributed by atoms with van der Waals surface area (Å²) in [6.07, 6.45) is 3.16. The normalized spacial score (nSPS) is 22.9. The molecule has 0 amide bonds. The Bertz CT molecular complexity index is 617. The lowest BCUT2D eigenvalue weighted by atomic mass is 9.79. The molecule has 2 unspecified atom stereocenters. The van der Waals surface area contributed by atoms with E-state index >= 15 is 0 Å². The second kappa shape index (κ2) is 6.77. The van der Waals surface area contributed by atoms with Gasteiger partial charge in [0, 0.05) is 11.6 Å². The largest absolute Gasteiger partial charge is 0.481 e. The summed E-state index contributed by atoms with van der Waals surface area (Å²) >= 11 is 5.79. The Hall–Kier alpha value is -1.11. The van der Waals surface area contributed by atoms with E-state index in [2.05, 4.69) is 4.72 Å². The number of rotatable bonds is 5. The van der Waals surface area contributed by atoms with Gasteiger partial charge in [0.15, 0.2) is 0 Å². The van der Waals surface area contributed by atoms with Crippen molar-refractivity contribution in [2.24, 2.45) is 11.8 Å². The zero-order valence-electron chi connectivity index (χ0n) is 11.5. The third kappa shape index (κ3) is 4.18. The van der Waals surface area contributed by atoms with Crippen molar-refractivity contribution in [3.05, 3.63) is 29.3 Å². The first-order valence-electron chi connectivity index (χ1n) is 6.88. The van der Waals surface area contributed by atoms with Gasteiger partial charge in [0.05, 0.1) is 10.8 Å². The first kappa shape index (κ1) is 16.3. The van der Waals surface area contributed by atoms with Gasteiger partial charge in [-0.2, -0.15) is 0 Å². The fourth-order valence-corrected chi connectivity index (χ4v) is 4.11. The van der Waals surface area contributed by atoms with Crippen LogP contribution in [0.4, 0.5) is 0 Å². The lowest BCUT2D eigenvalue weighted by molar-refractivity contribution is -0.144. The van der Waals surface area contributed by atoms with Crippen molar-refractivity contribution in [2.45, 2.75) is 30.6 Å². The van der Waals surface area contributed by atoms with Crippen molar-refractivity contribution < 1.29 is 18.3 Å². The van der Waals surface area contributed by atoms with E-state index in [9.17, 15) is 18.3 Å². The van der Waals surface area contributed by atoms with Gasteiger partial charge in [0.2, 0.25) is 10.0 Å². The van der Waals surface area contributed by atoms with Gasteiger partial charge in [-0.3, -0.25) is 4.79 Å². The fourth-order valence-electron chi connectivity index (χ4n) is 2.71. The average molecular weight is 332 g/mol. The highest BCUT2D eigenvalue weighted by atomic mass is 35.5. The Balaban J connectivity index is 2.05. The van der Waals surface area contributed by atoms with Gasteiger partial charge >= 0.3 is 5.97 Å². The second-order valence-electron chi connectivity index (χ2n) is 5.30. The van der Waals surface area contributed by atoms with Crippen molar-refractivity contribution >= 4 is 27.6 Å². The quantitative estimate of drug-likeness (QED) is 0.868. The van der Waals surface area contributed by atoms with E-state index in [0.29, 0.717) is 11.4 Å². The number of hydrogen-bond acceptors (Lipinski definition) is 3. The molecule has 116 valence electrons. The lowest BCUT2D eigenvalue weighted by Gasteiger charge is -2.28. The number of sulfonamides is 1. The number of carboxylic acid groups (broad SMARTS) is 1. The molecule has 2 N–H and O–H groups in total. The van der Waals surface area contributed by atoms with Crippen molar-refractivity contribution in [1.82, 2.24) is 4.72 Å². The molecule has 0 bridgehead atoms. The number of benzene rings is 1. The van der Waals surface area contributed by atoms with E-state index in [1.807, 2.05) is 0 Å². The predicted octanol–water partition coefficient (Wildman–Crippen LogP) is 2.51. The Morgan fingerprint density at radius 1 is 1.33 bits per heavy atom. The summed E-state index contributed by atoms with van der Waals surface area (Å²) < 4.78 is 26.9. The molecule has 1 aliphatic carbocycles. The molecule has 21 heavy (non-hydrogen) atoms. The fraction of sp³-hybridized carbons (Fsp3) is 0.500. The van der Waals surface area contributed by atoms with Gasteiger partial charge in [0.1, 0.15) is 0 Å². The molecule has 0 aliphatic heterocycles. The van der Waals surface area contributed by atoms with E-state index in [1.165, 1.54) is 12.1 Å². The monoisotopic (exact) mass is 331 g/mol. The molecule has 0 heterocycles. The number of halogens is 1. The minimum absolute atomic E-state index is 0.0951. The molecule has 1 aromatic rings. The van der Waals surface area contributed by atoms with E-state index in [0.717, 1.165) is 19.3 Å². The zero-order chi connectivity index (χ0) is 15.5. The molecule has 1 fully saturated rings. The van der Waals surface area contributed by atoms with Gasteiger partial charge in [-0.25, -0.2) is 13.1 Å². The predicted molar refractivity (Wildman–Crippen MR) is 79.7 cm³/mol. The Kier molecular flexibility index (Phi) is 5.24. The third-order valence-electron chi connectivity index (χ3n) is 3.87. The van der Waals surface area contributed by atoms with Crippen LogP contribution in [0.15, 0.2) is 29.2 Å². The SMILES string of the molecule is O=C(O)C1CCCCC1CNS(=O)(=O)c1cccc(Cl)c1. The van der Waals surface area contributed by atoms with Crippen molar-refractivity contribution in [2.75, 3.05) is 6.54 Å². The zero-order valence-corrected chi connectivity index (χ0v) is 13.0. The highest BCUT2D eigenvalue weighted by Gasteiger charge is 2.31. The molecule has 0 radical (unpaired) electrons. The van der Waals surface area contributed by atoms with E-state index in [1.54, 1.807) is 12.1 Å². The molecule has 2 rings (SSSR count). The van der Waals surface area contributed by atoms with Crippen LogP contribution in [0.1, 0.15) is 25.7 Å². The smallest absolute Gasteiger partial charge is 0.306 e. The molecule has 0 aromatic heterocycles. The van der Waals surface area contributed by atoms with Crippen LogP contribution in [0.5, 0.6) is 0 Å². The van der Waals surface area contributed by atoms with Gasteiger partial charge < -0.3 is 5.11 Å².